The van der Waals surface area contributed by atoms with Crippen LogP contribution in [0.2, 0.25) is 0 Å². The first-order valence-corrected chi connectivity index (χ1v) is 6.51. The van der Waals surface area contributed by atoms with E-state index in [1.807, 2.05) is 24.3 Å². The maximum atomic E-state index is 9.20. The Labute approximate surface area is 113 Å². The molecular weight excluding hydrogens is 238 g/mol. The Bertz CT molecular complexity index is 505. The second-order valence-electron chi connectivity index (χ2n) is 4.57. The summed E-state index contributed by atoms with van der Waals surface area (Å²) in [5, 5.41) is 12.6. The highest BCUT2D eigenvalue weighted by molar-refractivity contribution is 5.47. The Morgan fingerprint density at radius 3 is 2.05 bits per heavy atom. The minimum absolute atomic E-state index is 0.237. The SMILES string of the molecule is CCC(C)Nc1ccc(Oc2ccc(O)cc2)cc1. The van der Waals surface area contributed by atoms with Gasteiger partial charge in [0.1, 0.15) is 17.2 Å². The molecule has 0 spiro atoms. The van der Waals surface area contributed by atoms with E-state index in [4.69, 9.17) is 4.74 Å². The third kappa shape index (κ3) is 3.91. The molecule has 0 aliphatic rings. The van der Waals surface area contributed by atoms with E-state index in [2.05, 4.69) is 19.2 Å². The monoisotopic (exact) mass is 257 g/mol. The largest absolute Gasteiger partial charge is 0.508 e. The van der Waals surface area contributed by atoms with Gasteiger partial charge in [-0.2, -0.15) is 0 Å². The van der Waals surface area contributed by atoms with Crippen LogP contribution in [0.3, 0.4) is 0 Å². The van der Waals surface area contributed by atoms with Crippen LogP contribution >= 0.6 is 0 Å². The van der Waals surface area contributed by atoms with Crippen molar-refractivity contribution in [3.8, 4) is 17.2 Å². The molecule has 2 N–H and O–H groups in total. The quantitative estimate of drug-likeness (QED) is 0.834. The molecule has 0 aromatic heterocycles. The van der Waals surface area contributed by atoms with E-state index in [9.17, 15) is 5.11 Å². The van der Waals surface area contributed by atoms with Crippen molar-refractivity contribution in [3.05, 3.63) is 48.5 Å². The van der Waals surface area contributed by atoms with Crippen molar-refractivity contribution >= 4 is 5.69 Å². The molecule has 0 bridgehead atoms. The maximum Gasteiger partial charge on any atom is 0.127 e. The van der Waals surface area contributed by atoms with Crippen molar-refractivity contribution in [2.75, 3.05) is 5.32 Å². The van der Waals surface area contributed by atoms with Gasteiger partial charge in [0.15, 0.2) is 0 Å². The molecule has 0 saturated heterocycles. The van der Waals surface area contributed by atoms with Crippen LogP contribution in [0.1, 0.15) is 20.3 Å². The van der Waals surface area contributed by atoms with Gasteiger partial charge in [-0.1, -0.05) is 6.92 Å². The first-order valence-electron chi connectivity index (χ1n) is 6.51. The minimum Gasteiger partial charge on any atom is -0.508 e. The van der Waals surface area contributed by atoms with E-state index in [0.717, 1.165) is 17.9 Å². The number of anilines is 1. The molecule has 0 fully saturated rings. The van der Waals surface area contributed by atoms with Gasteiger partial charge in [0, 0.05) is 11.7 Å². The highest BCUT2D eigenvalue weighted by atomic mass is 16.5. The van der Waals surface area contributed by atoms with Crippen molar-refractivity contribution in [2.24, 2.45) is 0 Å². The predicted molar refractivity (Wildman–Crippen MR) is 78.0 cm³/mol. The van der Waals surface area contributed by atoms with Gasteiger partial charge in [-0.15, -0.1) is 0 Å². The van der Waals surface area contributed by atoms with E-state index < -0.39 is 0 Å². The predicted octanol–water partition coefficient (Wildman–Crippen LogP) is 4.39. The van der Waals surface area contributed by atoms with E-state index in [0.29, 0.717) is 11.8 Å². The molecule has 0 saturated carbocycles. The molecule has 2 rings (SSSR count). The smallest absolute Gasteiger partial charge is 0.127 e. The van der Waals surface area contributed by atoms with Crippen molar-refractivity contribution < 1.29 is 9.84 Å². The lowest BCUT2D eigenvalue weighted by Gasteiger charge is -2.13. The number of hydrogen-bond acceptors (Lipinski definition) is 3. The molecule has 3 heteroatoms. The summed E-state index contributed by atoms with van der Waals surface area (Å²) in [6, 6.07) is 15.0. The Morgan fingerprint density at radius 2 is 1.53 bits per heavy atom. The standard InChI is InChI=1S/C16H19NO2/c1-3-12(2)17-13-4-8-15(9-5-13)19-16-10-6-14(18)7-11-16/h4-12,17-18H,3H2,1-2H3. The summed E-state index contributed by atoms with van der Waals surface area (Å²) in [6.07, 6.45) is 1.09. The van der Waals surface area contributed by atoms with E-state index >= 15 is 0 Å². The molecule has 19 heavy (non-hydrogen) atoms. The number of hydrogen-bond donors (Lipinski definition) is 2. The summed E-state index contributed by atoms with van der Waals surface area (Å²) >= 11 is 0. The number of nitrogens with one attached hydrogen (secondary N) is 1. The zero-order chi connectivity index (χ0) is 13.7. The summed E-state index contributed by atoms with van der Waals surface area (Å²) in [5.74, 6) is 1.72. The lowest BCUT2D eigenvalue weighted by molar-refractivity contribution is 0.464. The Kier molecular flexibility index (Phi) is 4.29. The Balaban J connectivity index is 2.00. The van der Waals surface area contributed by atoms with E-state index in [-0.39, 0.29) is 5.75 Å². The second kappa shape index (κ2) is 6.14. The van der Waals surface area contributed by atoms with Gasteiger partial charge in [0.05, 0.1) is 0 Å². The lowest BCUT2D eigenvalue weighted by Crippen LogP contribution is -2.12. The summed E-state index contributed by atoms with van der Waals surface area (Å²) < 4.78 is 5.68. The fourth-order valence-electron chi connectivity index (χ4n) is 1.66. The van der Waals surface area contributed by atoms with Gasteiger partial charge < -0.3 is 15.2 Å². The van der Waals surface area contributed by atoms with Crippen LogP contribution < -0.4 is 10.1 Å². The highest BCUT2D eigenvalue weighted by Crippen LogP contribution is 2.24. The molecule has 100 valence electrons. The van der Waals surface area contributed by atoms with Crippen molar-refractivity contribution in [3.63, 3.8) is 0 Å². The van der Waals surface area contributed by atoms with Crippen LogP contribution in [-0.4, -0.2) is 11.1 Å². The first-order chi connectivity index (χ1) is 9.17. The van der Waals surface area contributed by atoms with Crippen LogP contribution in [0.5, 0.6) is 17.2 Å². The van der Waals surface area contributed by atoms with Gasteiger partial charge in [-0.3, -0.25) is 0 Å². The second-order valence-corrected chi connectivity index (χ2v) is 4.57. The molecular formula is C16H19NO2. The van der Waals surface area contributed by atoms with E-state index in [1.54, 1.807) is 24.3 Å². The molecule has 0 aliphatic carbocycles. The number of phenols is 1. The Hall–Kier alpha value is -2.16. The molecule has 0 heterocycles. The highest BCUT2D eigenvalue weighted by Gasteiger charge is 2.00. The van der Waals surface area contributed by atoms with Crippen LogP contribution in [-0.2, 0) is 0 Å². The fraction of sp³-hybridized carbons (Fsp3) is 0.250. The fourth-order valence-corrected chi connectivity index (χ4v) is 1.66. The number of phenolic OH excluding ortho intramolecular Hbond substituents is 1. The number of aromatic hydroxyl groups is 1. The minimum atomic E-state index is 0.237. The van der Waals surface area contributed by atoms with Crippen LogP contribution in [0.25, 0.3) is 0 Å². The molecule has 2 aromatic rings. The lowest BCUT2D eigenvalue weighted by atomic mass is 10.2. The van der Waals surface area contributed by atoms with Gasteiger partial charge in [-0.25, -0.2) is 0 Å². The van der Waals surface area contributed by atoms with Gasteiger partial charge in [0.25, 0.3) is 0 Å². The number of rotatable bonds is 5. The van der Waals surface area contributed by atoms with E-state index in [1.165, 1.54) is 0 Å². The summed E-state index contributed by atoms with van der Waals surface area (Å²) in [4.78, 5) is 0. The molecule has 2 aromatic carbocycles. The van der Waals surface area contributed by atoms with Gasteiger partial charge in [-0.05, 0) is 61.9 Å². The van der Waals surface area contributed by atoms with Gasteiger partial charge >= 0.3 is 0 Å². The van der Waals surface area contributed by atoms with Crippen molar-refractivity contribution in [1.82, 2.24) is 0 Å². The average molecular weight is 257 g/mol. The Morgan fingerprint density at radius 1 is 1.00 bits per heavy atom. The molecule has 0 radical (unpaired) electrons. The summed E-state index contributed by atoms with van der Waals surface area (Å²) in [6.45, 7) is 4.31. The molecule has 0 aliphatic heterocycles. The third-order valence-electron chi connectivity index (χ3n) is 2.95. The molecule has 1 unspecified atom stereocenters. The third-order valence-corrected chi connectivity index (χ3v) is 2.95. The molecule has 0 amide bonds. The topological polar surface area (TPSA) is 41.5 Å². The number of benzene rings is 2. The van der Waals surface area contributed by atoms with Crippen LogP contribution in [0, 0.1) is 0 Å². The first kappa shape index (κ1) is 13.3. The van der Waals surface area contributed by atoms with Crippen molar-refractivity contribution in [1.29, 1.82) is 0 Å². The maximum absolute atomic E-state index is 9.20. The van der Waals surface area contributed by atoms with Crippen LogP contribution in [0.15, 0.2) is 48.5 Å². The van der Waals surface area contributed by atoms with Crippen LogP contribution in [0.4, 0.5) is 5.69 Å². The van der Waals surface area contributed by atoms with Crippen molar-refractivity contribution in [2.45, 2.75) is 26.3 Å². The normalized spacial score (nSPS) is 11.9. The number of ether oxygens (including phenoxy) is 1. The summed E-state index contributed by atoms with van der Waals surface area (Å²) in [7, 11) is 0. The molecule has 3 nitrogen and oxygen atoms in total. The van der Waals surface area contributed by atoms with Gasteiger partial charge in [0.2, 0.25) is 0 Å². The molecule has 1 atom stereocenters. The summed E-state index contributed by atoms with van der Waals surface area (Å²) in [5.41, 5.74) is 1.09. The zero-order valence-corrected chi connectivity index (χ0v) is 11.3. The zero-order valence-electron chi connectivity index (χ0n) is 11.3. The average Bonchev–Trinajstić information content (AvgIpc) is 2.43.